The third-order valence-corrected chi connectivity index (χ3v) is 4.96. The Morgan fingerprint density at radius 1 is 1.00 bits per heavy atom. The van der Waals surface area contributed by atoms with Crippen molar-refractivity contribution in [3.05, 3.63) is 112 Å². The van der Waals surface area contributed by atoms with E-state index >= 15 is 0 Å². The fourth-order valence-corrected chi connectivity index (χ4v) is 3.37. The number of aryl methyl sites for hydroxylation is 1. The molecule has 0 radical (unpaired) electrons. The first-order valence-corrected chi connectivity index (χ1v) is 9.86. The smallest absolute Gasteiger partial charge is 0.322 e. The first-order chi connectivity index (χ1) is 15.0. The van der Waals surface area contributed by atoms with E-state index in [1.165, 1.54) is 23.3 Å². The van der Waals surface area contributed by atoms with Gasteiger partial charge in [0.2, 0.25) is 0 Å². The highest BCUT2D eigenvalue weighted by atomic mass is 19.1. The van der Waals surface area contributed by atoms with E-state index in [-0.39, 0.29) is 30.4 Å². The maximum atomic E-state index is 13.3. The van der Waals surface area contributed by atoms with Crippen molar-refractivity contribution in [1.82, 2.24) is 4.90 Å². The molecular formula is C25H21FN2O3. The number of halogens is 1. The van der Waals surface area contributed by atoms with Crippen LogP contribution in [0.1, 0.15) is 16.7 Å². The quantitative estimate of drug-likeness (QED) is 0.469. The molecule has 0 saturated carbocycles. The summed E-state index contributed by atoms with van der Waals surface area (Å²) in [5, 5.41) is 3.33. The Hall–Kier alpha value is -3.93. The maximum absolute atomic E-state index is 13.3. The number of anilines is 1. The van der Waals surface area contributed by atoms with Gasteiger partial charge < -0.3 is 14.6 Å². The maximum Gasteiger partial charge on any atom is 0.322 e. The zero-order valence-corrected chi connectivity index (χ0v) is 17.0. The number of benzene rings is 3. The number of para-hydroxylation sites is 1. The number of carbonyl (C=O) groups is 1. The second kappa shape index (κ2) is 8.83. The van der Waals surface area contributed by atoms with Crippen LogP contribution in [0, 0.1) is 12.7 Å². The minimum Gasteiger partial charge on any atom is -0.464 e. The van der Waals surface area contributed by atoms with E-state index in [0.29, 0.717) is 22.2 Å². The van der Waals surface area contributed by atoms with E-state index < -0.39 is 0 Å². The van der Waals surface area contributed by atoms with Gasteiger partial charge in [0.25, 0.3) is 0 Å². The predicted octanol–water partition coefficient (Wildman–Crippen LogP) is 5.47. The topological polar surface area (TPSA) is 62.6 Å². The summed E-state index contributed by atoms with van der Waals surface area (Å²) in [6.45, 7) is 2.18. The zero-order chi connectivity index (χ0) is 21.8. The summed E-state index contributed by atoms with van der Waals surface area (Å²) in [5.74, 6) is -0.352. The monoisotopic (exact) mass is 416 g/mol. The van der Waals surface area contributed by atoms with Gasteiger partial charge in [0.05, 0.1) is 23.8 Å². The minimum absolute atomic E-state index is 0.0438. The number of carbonyl (C=O) groups excluding carboxylic acids is 1. The van der Waals surface area contributed by atoms with Crippen LogP contribution in [0.2, 0.25) is 0 Å². The molecule has 0 aliphatic heterocycles. The summed E-state index contributed by atoms with van der Waals surface area (Å²) < 4.78 is 18.9. The lowest BCUT2D eigenvalue weighted by Crippen LogP contribution is -2.35. The second-order valence-corrected chi connectivity index (χ2v) is 7.37. The van der Waals surface area contributed by atoms with Gasteiger partial charge in [-0.1, -0.05) is 36.4 Å². The van der Waals surface area contributed by atoms with Gasteiger partial charge in [-0.15, -0.1) is 0 Å². The molecule has 4 rings (SSSR count). The van der Waals surface area contributed by atoms with Gasteiger partial charge in [0.1, 0.15) is 11.4 Å². The zero-order valence-electron chi connectivity index (χ0n) is 17.0. The lowest BCUT2D eigenvalue weighted by atomic mass is 10.1. The fraction of sp³-hybridized carbons (Fsp3) is 0.120. The molecule has 3 aromatic carbocycles. The van der Waals surface area contributed by atoms with E-state index in [1.807, 2.05) is 25.1 Å². The average Bonchev–Trinajstić information content (AvgIpc) is 2.76. The highest BCUT2D eigenvalue weighted by Crippen LogP contribution is 2.16. The van der Waals surface area contributed by atoms with Crippen molar-refractivity contribution in [3.8, 4) is 0 Å². The van der Waals surface area contributed by atoms with Gasteiger partial charge in [0.15, 0.2) is 5.43 Å². The molecule has 0 bridgehead atoms. The Morgan fingerprint density at radius 3 is 2.55 bits per heavy atom. The normalized spacial score (nSPS) is 10.8. The standard InChI is InChI=1S/C25H21FN2O3/c1-17-5-4-6-21(13-17)27-25(30)28(14-18-9-11-20(26)12-10-18)15-19-16-31-23-8-3-2-7-22(23)24(19)29/h2-13,16H,14-15H2,1H3,(H,27,30). The van der Waals surface area contributed by atoms with E-state index in [1.54, 1.807) is 42.5 Å². The molecule has 0 atom stereocenters. The van der Waals surface area contributed by atoms with Crippen LogP contribution in [0.25, 0.3) is 11.0 Å². The molecule has 0 fully saturated rings. The molecule has 0 aliphatic rings. The van der Waals surface area contributed by atoms with Crippen molar-refractivity contribution >= 4 is 22.7 Å². The Morgan fingerprint density at radius 2 is 1.77 bits per heavy atom. The number of nitrogens with one attached hydrogen (secondary N) is 1. The Balaban J connectivity index is 1.64. The molecule has 5 nitrogen and oxygen atoms in total. The van der Waals surface area contributed by atoms with Crippen LogP contribution in [0.4, 0.5) is 14.9 Å². The summed E-state index contributed by atoms with van der Waals surface area (Å²) in [6.07, 6.45) is 1.39. The van der Waals surface area contributed by atoms with Crippen LogP contribution in [0.15, 0.2) is 88.3 Å². The Kier molecular flexibility index (Phi) is 5.80. The van der Waals surface area contributed by atoms with Gasteiger partial charge in [0, 0.05) is 12.2 Å². The third kappa shape index (κ3) is 4.80. The van der Waals surface area contributed by atoms with Crippen molar-refractivity contribution in [2.45, 2.75) is 20.0 Å². The lowest BCUT2D eigenvalue weighted by Gasteiger charge is -2.23. The summed E-state index contributed by atoms with van der Waals surface area (Å²) in [6, 6.07) is 20.0. The Labute approximate surface area is 178 Å². The van der Waals surface area contributed by atoms with E-state index in [9.17, 15) is 14.0 Å². The molecule has 0 spiro atoms. The molecule has 1 N–H and O–H groups in total. The second-order valence-electron chi connectivity index (χ2n) is 7.37. The van der Waals surface area contributed by atoms with Gasteiger partial charge >= 0.3 is 6.03 Å². The third-order valence-electron chi connectivity index (χ3n) is 4.96. The van der Waals surface area contributed by atoms with Gasteiger partial charge in [-0.05, 0) is 54.4 Å². The van der Waals surface area contributed by atoms with Crippen LogP contribution in [0.5, 0.6) is 0 Å². The largest absolute Gasteiger partial charge is 0.464 e. The number of amides is 2. The number of hydrogen-bond acceptors (Lipinski definition) is 3. The van der Waals surface area contributed by atoms with E-state index in [4.69, 9.17) is 4.42 Å². The molecule has 0 saturated heterocycles. The summed E-state index contributed by atoms with van der Waals surface area (Å²) in [7, 11) is 0. The van der Waals surface area contributed by atoms with Crippen LogP contribution in [0.3, 0.4) is 0 Å². The fourth-order valence-electron chi connectivity index (χ4n) is 3.37. The first kappa shape index (κ1) is 20.3. The molecule has 1 aromatic heterocycles. The summed E-state index contributed by atoms with van der Waals surface area (Å²) in [5.41, 5.74) is 3.07. The molecule has 0 aliphatic carbocycles. The molecule has 156 valence electrons. The van der Waals surface area contributed by atoms with Crippen molar-refractivity contribution in [2.75, 3.05) is 5.32 Å². The SMILES string of the molecule is Cc1cccc(NC(=O)N(Cc2ccc(F)cc2)Cc2coc3ccccc3c2=O)c1. The van der Waals surface area contributed by atoms with E-state index in [0.717, 1.165) is 11.1 Å². The van der Waals surface area contributed by atoms with Crippen LogP contribution >= 0.6 is 0 Å². The first-order valence-electron chi connectivity index (χ1n) is 9.86. The highest BCUT2D eigenvalue weighted by molar-refractivity contribution is 5.89. The molecule has 6 heteroatoms. The van der Waals surface area contributed by atoms with Crippen LogP contribution < -0.4 is 10.7 Å². The van der Waals surface area contributed by atoms with Gasteiger partial charge in [-0.3, -0.25) is 4.79 Å². The number of hydrogen-bond donors (Lipinski definition) is 1. The number of urea groups is 1. The van der Waals surface area contributed by atoms with E-state index in [2.05, 4.69) is 5.32 Å². The van der Waals surface area contributed by atoms with Gasteiger partial charge in [-0.2, -0.15) is 0 Å². The number of nitrogens with zero attached hydrogens (tertiary/aromatic N) is 1. The molecule has 0 unspecified atom stereocenters. The van der Waals surface area contributed by atoms with Crippen LogP contribution in [-0.4, -0.2) is 10.9 Å². The molecular weight excluding hydrogens is 395 g/mol. The molecule has 4 aromatic rings. The van der Waals surface area contributed by atoms with Gasteiger partial charge in [-0.25, -0.2) is 9.18 Å². The molecule has 2 amide bonds. The number of fused-ring (bicyclic) bond motifs is 1. The Bertz CT molecular complexity index is 1280. The molecule has 1 heterocycles. The van der Waals surface area contributed by atoms with Crippen molar-refractivity contribution in [2.24, 2.45) is 0 Å². The highest BCUT2D eigenvalue weighted by Gasteiger charge is 2.18. The van der Waals surface area contributed by atoms with Crippen LogP contribution in [-0.2, 0) is 13.1 Å². The van der Waals surface area contributed by atoms with Crippen molar-refractivity contribution in [1.29, 1.82) is 0 Å². The molecule has 31 heavy (non-hydrogen) atoms. The summed E-state index contributed by atoms with van der Waals surface area (Å²) >= 11 is 0. The lowest BCUT2D eigenvalue weighted by molar-refractivity contribution is 0.206. The number of rotatable bonds is 5. The predicted molar refractivity (Wildman–Crippen MR) is 118 cm³/mol. The minimum atomic E-state index is -0.373. The van der Waals surface area contributed by atoms with Crippen molar-refractivity contribution < 1.29 is 13.6 Å². The van der Waals surface area contributed by atoms with Crippen molar-refractivity contribution in [3.63, 3.8) is 0 Å². The summed E-state index contributed by atoms with van der Waals surface area (Å²) in [4.78, 5) is 27.5. The average molecular weight is 416 g/mol.